The monoisotopic (exact) mass is 323 g/mol. The Labute approximate surface area is 128 Å². The molecule has 0 spiro atoms. The number of hydrogen-bond donors (Lipinski definition) is 2. The van der Waals surface area contributed by atoms with Gasteiger partial charge in [0, 0.05) is 10.7 Å². The van der Waals surface area contributed by atoms with Crippen LogP contribution in [0.15, 0.2) is 53.9 Å². The molecule has 0 aliphatic heterocycles. The first-order valence-corrected chi connectivity index (χ1v) is 8.07. The molecule has 0 unspecified atom stereocenters. The van der Waals surface area contributed by atoms with Crippen molar-refractivity contribution < 1.29 is 13.5 Å². The maximum atomic E-state index is 12.0. The average Bonchev–Trinajstić information content (AvgIpc) is 2.46. The molecule has 0 saturated heterocycles. The zero-order valence-electron chi connectivity index (χ0n) is 11.0. The zero-order valence-corrected chi connectivity index (χ0v) is 12.6. The summed E-state index contributed by atoms with van der Waals surface area (Å²) in [5, 5.41) is 10.7. The summed E-state index contributed by atoms with van der Waals surface area (Å²) in [6.45, 7) is -0.143. The number of aliphatic hydroxyl groups is 1. The highest BCUT2D eigenvalue weighted by atomic mass is 35.5. The van der Waals surface area contributed by atoms with Crippen molar-refractivity contribution in [3.05, 3.63) is 70.1 Å². The molecule has 0 heterocycles. The van der Waals surface area contributed by atoms with E-state index < -0.39 is 10.0 Å². The number of hydrogen-bond acceptors (Lipinski definition) is 3. The first-order chi connectivity index (χ1) is 9.98. The highest BCUT2D eigenvalue weighted by molar-refractivity contribution is 7.95. The Morgan fingerprint density at radius 2 is 1.86 bits per heavy atom. The molecule has 0 aliphatic rings. The zero-order chi connectivity index (χ0) is 15.3. The van der Waals surface area contributed by atoms with Gasteiger partial charge in [-0.2, -0.15) is 0 Å². The van der Waals surface area contributed by atoms with Crippen LogP contribution in [-0.4, -0.2) is 13.5 Å². The number of anilines is 1. The minimum atomic E-state index is -3.61. The Morgan fingerprint density at radius 3 is 2.52 bits per heavy atom. The quantitative estimate of drug-likeness (QED) is 0.887. The fraction of sp³-hybridized carbons (Fsp3) is 0.0667. The summed E-state index contributed by atoms with van der Waals surface area (Å²) >= 11 is 5.76. The second-order valence-electron chi connectivity index (χ2n) is 4.36. The van der Waals surface area contributed by atoms with Crippen LogP contribution in [0.3, 0.4) is 0 Å². The van der Waals surface area contributed by atoms with Crippen LogP contribution in [0.2, 0.25) is 5.02 Å². The fourth-order valence-corrected chi connectivity index (χ4v) is 2.66. The topological polar surface area (TPSA) is 66.4 Å². The Kier molecular flexibility index (Phi) is 5.01. The van der Waals surface area contributed by atoms with E-state index >= 15 is 0 Å². The molecule has 6 heteroatoms. The van der Waals surface area contributed by atoms with Crippen LogP contribution in [0.4, 0.5) is 5.69 Å². The minimum Gasteiger partial charge on any atom is -0.392 e. The molecule has 0 aromatic heterocycles. The third kappa shape index (κ3) is 4.90. The van der Waals surface area contributed by atoms with E-state index in [2.05, 4.69) is 4.72 Å². The van der Waals surface area contributed by atoms with Crippen molar-refractivity contribution in [2.24, 2.45) is 0 Å². The Balaban J connectivity index is 2.12. The molecule has 0 fully saturated rings. The molecule has 2 N–H and O–H groups in total. The van der Waals surface area contributed by atoms with Crippen LogP contribution >= 0.6 is 11.6 Å². The van der Waals surface area contributed by atoms with E-state index in [0.29, 0.717) is 16.3 Å². The van der Waals surface area contributed by atoms with Gasteiger partial charge in [0.15, 0.2) is 0 Å². The van der Waals surface area contributed by atoms with E-state index in [4.69, 9.17) is 16.7 Å². The third-order valence-electron chi connectivity index (χ3n) is 2.68. The SMILES string of the molecule is O=S(=O)(/C=C/c1ccc(Cl)cc1)Nc1cccc(CO)c1. The molecule has 0 saturated carbocycles. The van der Waals surface area contributed by atoms with Crippen LogP contribution in [-0.2, 0) is 16.6 Å². The van der Waals surface area contributed by atoms with Crippen molar-refractivity contribution >= 4 is 33.4 Å². The Morgan fingerprint density at radius 1 is 1.14 bits per heavy atom. The van der Waals surface area contributed by atoms with Crippen molar-refractivity contribution in [1.82, 2.24) is 0 Å². The van der Waals surface area contributed by atoms with Crippen LogP contribution in [0, 0.1) is 0 Å². The minimum absolute atomic E-state index is 0.143. The lowest BCUT2D eigenvalue weighted by Gasteiger charge is -2.05. The molecule has 0 amide bonds. The molecule has 21 heavy (non-hydrogen) atoms. The summed E-state index contributed by atoms with van der Waals surface area (Å²) in [7, 11) is -3.61. The second kappa shape index (κ2) is 6.76. The van der Waals surface area contributed by atoms with Crippen LogP contribution in [0.5, 0.6) is 0 Å². The molecular weight excluding hydrogens is 310 g/mol. The molecule has 2 aromatic rings. The van der Waals surface area contributed by atoms with E-state index in [0.717, 1.165) is 11.0 Å². The standard InChI is InChI=1S/C15H14ClNO3S/c16-14-6-4-12(5-7-14)8-9-21(19,20)17-15-3-1-2-13(10-15)11-18/h1-10,17-18H,11H2/b9-8+. The van der Waals surface area contributed by atoms with E-state index in [-0.39, 0.29) is 6.61 Å². The summed E-state index contributed by atoms with van der Waals surface area (Å²) in [6, 6.07) is 13.4. The molecule has 0 aliphatic carbocycles. The molecule has 0 atom stereocenters. The molecule has 2 rings (SSSR count). The van der Waals surface area contributed by atoms with Crippen LogP contribution in [0.1, 0.15) is 11.1 Å². The van der Waals surface area contributed by atoms with E-state index in [1.165, 1.54) is 6.08 Å². The highest BCUT2D eigenvalue weighted by Gasteiger charge is 2.06. The lowest BCUT2D eigenvalue weighted by atomic mass is 10.2. The Bertz CT molecular complexity index is 740. The smallest absolute Gasteiger partial charge is 0.255 e. The summed E-state index contributed by atoms with van der Waals surface area (Å²) in [6.07, 6.45) is 1.48. The summed E-state index contributed by atoms with van der Waals surface area (Å²) in [5.41, 5.74) is 1.77. The normalized spacial score (nSPS) is 11.7. The molecule has 0 bridgehead atoms. The summed E-state index contributed by atoms with van der Waals surface area (Å²) < 4.78 is 26.3. The number of rotatable bonds is 5. The molecule has 4 nitrogen and oxygen atoms in total. The van der Waals surface area contributed by atoms with Crippen molar-refractivity contribution in [3.63, 3.8) is 0 Å². The van der Waals surface area contributed by atoms with Gasteiger partial charge in [0.1, 0.15) is 0 Å². The van der Waals surface area contributed by atoms with Crippen LogP contribution < -0.4 is 4.72 Å². The van der Waals surface area contributed by atoms with Crippen molar-refractivity contribution in [2.75, 3.05) is 4.72 Å². The van der Waals surface area contributed by atoms with Gasteiger partial charge in [0.25, 0.3) is 10.0 Å². The van der Waals surface area contributed by atoms with Gasteiger partial charge < -0.3 is 5.11 Å². The number of aliphatic hydroxyl groups excluding tert-OH is 1. The van der Waals surface area contributed by atoms with Crippen molar-refractivity contribution in [2.45, 2.75) is 6.61 Å². The molecule has 2 aromatic carbocycles. The lowest BCUT2D eigenvalue weighted by molar-refractivity contribution is 0.282. The van der Waals surface area contributed by atoms with Gasteiger partial charge in [0.05, 0.1) is 12.0 Å². The van der Waals surface area contributed by atoms with Gasteiger partial charge in [-0.3, -0.25) is 4.72 Å². The first kappa shape index (κ1) is 15.6. The van der Waals surface area contributed by atoms with Crippen LogP contribution in [0.25, 0.3) is 6.08 Å². The van der Waals surface area contributed by atoms with Gasteiger partial charge in [0.2, 0.25) is 0 Å². The molecule has 0 radical (unpaired) electrons. The molecular formula is C15H14ClNO3S. The third-order valence-corrected chi connectivity index (χ3v) is 3.95. The van der Waals surface area contributed by atoms with Crippen molar-refractivity contribution in [1.29, 1.82) is 0 Å². The van der Waals surface area contributed by atoms with E-state index in [1.54, 1.807) is 48.5 Å². The van der Waals surface area contributed by atoms with Gasteiger partial charge in [-0.15, -0.1) is 0 Å². The maximum Gasteiger partial charge on any atom is 0.255 e. The largest absolute Gasteiger partial charge is 0.392 e. The number of nitrogens with one attached hydrogen (secondary N) is 1. The Hall–Kier alpha value is -1.82. The fourth-order valence-electron chi connectivity index (χ4n) is 1.67. The second-order valence-corrected chi connectivity index (χ2v) is 6.36. The molecule has 110 valence electrons. The summed E-state index contributed by atoms with van der Waals surface area (Å²) in [4.78, 5) is 0. The van der Waals surface area contributed by atoms with E-state index in [9.17, 15) is 8.42 Å². The maximum absolute atomic E-state index is 12.0. The van der Waals surface area contributed by atoms with E-state index in [1.807, 2.05) is 0 Å². The number of sulfonamides is 1. The number of halogens is 1. The van der Waals surface area contributed by atoms with Gasteiger partial charge in [-0.25, -0.2) is 8.42 Å². The summed E-state index contributed by atoms with van der Waals surface area (Å²) in [5.74, 6) is 0. The van der Waals surface area contributed by atoms with Gasteiger partial charge in [-0.05, 0) is 41.5 Å². The highest BCUT2D eigenvalue weighted by Crippen LogP contribution is 2.14. The first-order valence-electron chi connectivity index (χ1n) is 6.15. The van der Waals surface area contributed by atoms with Gasteiger partial charge in [-0.1, -0.05) is 35.9 Å². The van der Waals surface area contributed by atoms with Crippen molar-refractivity contribution in [3.8, 4) is 0 Å². The predicted octanol–water partition coefficient (Wildman–Crippen LogP) is 3.24. The number of benzene rings is 2. The predicted molar refractivity (Wildman–Crippen MR) is 85.4 cm³/mol. The average molecular weight is 324 g/mol. The lowest BCUT2D eigenvalue weighted by Crippen LogP contribution is -2.09. The van der Waals surface area contributed by atoms with Gasteiger partial charge >= 0.3 is 0 Å².